The number of aliphatic hydroxyl groups excluding tert-OH is 2. The Hall–Kier alpha value is -5.18. The van der Waals surface area contributed by atoms with Crippen molar-refractivity contribution in [1.82, 2.24) is 10.2 Å². The quantitative estimate of drug-likeness (QED) is 0.0588. The molecule has 0 saturated carbocycles. The third-order valence-electron chi connectivity index (χ3n) is 9.66. The first-order chi connectivity index (χ1) is 26.3. The molecular weight excluding hydrogens is 723 g/mol. The van der Waals surface area contributed by atoms with Crippen LogP contribution in [-0.2, 0) is 22.6 Å². The van der Waals surface area contributed by atoms with Gasteiger partial charge in [-0.05, 0) is 64.7 Å². The number of amides is 1. The molecule has 5 atom stereocenters. The summed E-state index contributed by atoms with van der Waals surface area (Å²) in [7, 11) is 1.87. The summed E-state index contributed by atoms with van der Waals surface area (Å²) in [4.78, 5) is 14.5. The second kappa shape index (κ2) is 17.1. The average molecular weight is 763 g/mol. The Labute approximate surface area is 314 Å². The molecule has 1 heterocycles. The molecular formula is C42H39F5N2O6. The number of aromatic hydroxyl groups is 1. The number of aliphatic hydroxyl groups is 2. The van der Waals surface area contributed by atoms with Crippen LogP contribution in [0, 0.1) is 35.0 Å². The maximum Gasteiger partial charge on any atom is 0.257 e. The van der Waals surface area contributed by atoms with E-state index < -0.39 is 59.1 Å². The van der Waals surface area contributed by atoms with E-state index in [1.165, 1.54) is 12.1 Å². The normalized spacial score (nSPS) is 19.0. The lowest BCUT2D eigenvalue weighted by Gasteiger charge is -2.42. The number of hydrogen-bond donors (Lipinski definition) is 4. The Morgan fingerprint density at radius 2 is 1.42 bits per heavy atom. The standard InChI is InChI=1S/C42H39F5N2O6/c1-23-33(21-49(2)20-32(52)29-9-5-11-31(51)18-29)54-42(55-40(23)26-14-12-24(22-50)13-15-26)30-10-4-8-28(17-30)27-7-3-6-25(16-27)19-48-41(53)34-35(43)37(45)39(47)38(46)36(34)44/h3-18,23,32-33,40,42,50-52H,19-22H2,1-2H3,(H,48,53)/t23-,32-,33+,40+,42+/m1/s1. The highest BCUT2D eigenvalue weighted by molar-refractivity contribution is 5.94. The Balaban J connectivity index is 1.21. The van der Waals surface area contributed by atoms with Crippen LogP contribution in [0.3, 0.4) is 0 Å². The Kier molecular flexibility index (Phi) is 12.3. The van der Waals surface area contributed by atoms with Crippen molar-refractivity contribution in [2.45, 2.75) is 44.7 Å². The SMILES string of the molecule is C[C@@H]1[C@H](CN(C)C[C@@H](O)c2cccc(O)c2)O[C@H](c2cccc(-c3cccc(CNC(=O)c4c(F)c(F)c(F)c(F)c4F)c3)c2)O[C@@H]1c1ccc(CO)cc1. The number of carbonyl (C=O) groups excluding carboxylic acids is 1. The molecule has 0 aliphatic carbocycles. The highest BCUT2D eigenvalue weighted by Crippen LogP contribution is 2.42. The summed E-state index contributed by atoms with van der Waals surface area (Å²) in [5, 5.41) is 32.6. The van der Waals surface area contributed by atoms with Gasteiger partial charge in [0, 0.05) is 31.1 Å². The van der Waals surface area contributed by atoms with Gasteiger partial charge in [0.05, 0.1) is 24.9 Å². The molecule has 5 aromatic rings. The summed E-state index contributed by atoms with van der Waals surface area (Å²) in [6.07, 6.45) is -2.45. The zero-order chi connectivity index (χ0) is 39.4. The molecule has 55 heavy (non-hydrogen) atoms. The molecule has 8 nitrogen and oxygen atoms in total. The van der Waals surface area contributed by atoms with Crippen molar-refractivity contribution in [2.24, 2.45) is 5.92 Å². The van der Waals surface area contributed by atoms with Gasteiger partial charge in [-0.1, -0.05) is 79.7 Å². The van der Waals surface area contributed by atoms with E-state index in [2.05, 4.69) is 5.32 Å². The molecule has 0 spiro atoms. The summed E-state index contributed by atoms with van der Waals surface area (Å²) in [5.74, 6) is -12.7. The maximum atomic E-state index is 14.2. The first kappa shape index (κ1) is 39.5. The lowest BCUT2D eigenvalue weighted by Crippen LogP contribution is -2.44. The predicted molar refractivity (Wildman–Crippen MR) is 193 cm³/mol. The van der Waals surface area contributed by atoms with Crippen LogP contribution < -0.4 is 5.32 Å². The Morgan fingerprint density at radius 1 is 0.782 bits per heavy atom. The zero-order valence-corrected chi connectivity index (χ0v) is 29.9. The maximum absolute atomic E-state index is 14.2. The van der Waals surface area contributed by atoms with Crippen molar-refractivity contribution < 1.29 is 51.5 Å². The Bertz CT molecular complexity index is 2120. The predicted octanol–water partition coefficient (Wildman–Crippen LogP) is 7.63. The molecule has 1 aliphatic rings. The van der Waals surface area contributed by atoms with Crippen LogP contribution >= 0.6 is 0 Å². The molecule has 1 amide bonds. The largest absolute Gasteiger partial charge is 0.508 e. The van der Waals surface area contributed by atoms with Crippen LogP contribution in [0.4, 0.5) is 22.0 Å². The summed E-state index contributed by atoms with van der Waals surface area (Å²) in [5.41, 5.74) is 3.27. The number of nitrogens with zero attached hydrogens (tertiary/aromatic N) is 1. The minimum Gasteiger partial charge on any atom is -0.508 e. The molecule has 288 valence electrons. The average Bonchev–Trinajstić information content (AvgIpc) is 3.19. The van der Waals surface area contributed by atoms with Gasteiger partial charge >= 0.3 is 0 Å². The van der Waals surface area contributed by atoms with E-state index in [0.717, 1.165) is 16.7 Å². The number of nitrogens with one attached hydrogen (secondary N) is 1. The minimum atomic E-state index is -2.35. The highest BCUT2D eigenvalue weighted by Gasteiger charge is 2.39. The fourth-order valence-electron chi connectivity index (χ4n) is 6.64. The van der Waals surface area contributed by atoms with Crippen molar-refractivity contribution in [3.8, 4) is 16.9 Å². The van der Waals surface area contributed by atoms with Gasteiger partial charge in [0.25, 0.3) is 5.91 Å². The van der Waals surface area contributed by atoms with Crippen molar-refractivity contribution in [1.29, 1.82) is 0 Å². The van der Waals surface area contributed by atoms with Gasteiger partial charge in [0.2, 0.25) is 5.82 Å². The summed E-state index contributed by atoms with van der Waals surface area (Å²) in [6, 6.07) is 28.2. The molecule has 4 N–H and O–H groups in total. The third-order valence-corrected chi connectivity index (χ3v) is 9.66. The van der Waals surface area contributed by atoms with E-state index in [1.807, 2.05) is 67.4 Å². The molecule has 0 aromatic heterocycles. The van der Waals surface area contributed by atoms with Gasteiger partial charge in [-0.25, -0.2) is 22.0 Å². The summed E-state index contributed by atoms with van der Waals surface area (Å²) in [6.45, 7) is 2.35. The topological polar surface area (TPSA) is 111 Å². The Morgan fingerprint density at radius 3 is 2.09 bits per heavy atom. The third kappa shape index (κ3) is 8.87. The fourth-order valence-corrected chi connectivity index (χ4v) is 6.64. The number of hydrogen-bond acceptors (Lipinski definition) is 7. The van der Waals surface area contributed by atoms with Crippen LogP contribution in [0.25, 0.3) is 11.1 Å². The smallest absolute Gasteiger partial charge is 0.257 e. The molecule has 6 rings (SSSR count). The van der Waals surface area contributed by atoms with E-state index in [-0.39, 0.29) is 37.5 Å². The first-order valence-corrected chi connectivity index (χ1v) is 17.5. The minimum absolute atomic E-state index is 0.0603. The van der Waals surface area contributed by atoms with Crippen LogP contribution in [0.2, 0.25) is 0 Å². The zero-order valence-electron chi connectivity index (χ0n) is 29.9. The number of phenols is 1. The van der Waals surface area contributed by atoms with Crippen LogP contribution in [-0.4, -0.2) is 52.4 Å². The van der Waals surface area contributed by atoms with Crippen molar-refractivity contribution in [3.63, 3.8) is 0 Å². The number of halogens is 5. The van der Waals surface area contributed by atoms with Gasteiger partial charge in [-0.2, -0.15) is 0 Å². The molecule has 13 heteroatoms. The second-order valence-corrected chi connectivity index (χ2v) is 13.6. The van der Waals surface area contributed by atoms with E-state index in [9.17, 15) is 42.1 Å². The molecule has 1 saturated heterocycles. The number of carbonyl (C=O) groups is 1. The number of rotatable bonds is 12. The van der Waals surface area contributed by atoms with Gasteiger partial charge in [0.1, 0.15) is 11.3 Å². The second-order valence-electron chi connectivity index (χ2n) is 13.6. The number of phenolic OH excluding ortho intramolecular Hbond substituents is 1. The van der Waals surface area contributed by atoms with E-state index in [1.54, 1.807) is 36.4 Å². The van der Waals surface area contributed by atoms with Crippen molar-refractivity contribution in [3.05, 3.63) is 160 Å². The molecule has 1 fully saturated rings. The van der Waals surface area contributed by atoms with Crippen molar-refractivity contribution in [2.75, 3.05) is 20.1 Å². The molecule has 0 radical (unpaired) electrons. The van der Waals surface area contributed by atoms with Gasteiger partial charge < -0.3 is 35.0 Å². The summed E-state index contributed by atoms with van der Waals surface area (Å²) >= 11 is 0. The molecule has 0 bridgehead atoms. The summed E-state index contributed by atoms with van der Waals surface area (Å²) < 4.78 is 82.5. The van der Waals surface area contributed by atoms with Gasteiger partial charge in [-0.3, -0.25) is 4.79 Å². The van der Waals surface area contributed by atoms with Crippen molar-refractivity contribution >= 4 is 5.91 Å². The first-order valence-electron chi connectivity index (χ1n) is 17.5. The van der Waals surface area contributed by atoms with Crippen LogP contribution in [0.15, 0.2) is 97.1 Å². The molecule has 1 aliphatic heterocycles. The lowest BCUT2D eigenvalue weighted by molar-refractivity contribution is -0.276. The lowest BCUT2D eigenvalue weighted by atomic mass is 9.89. The van der Waals surface area contributed by atoms with Gasteiger partial charge in [-0.15, -0.1) is 0 Å². The van der Waals surface area contributed by atoms with Crippen LogP contribution in [0.5, 0.6) is 5.75 Å². The number of benzene rings is 5. The molecule has 0 unspecified atom stereocenters. The fraction of sp³-hybridized carbons (Fsp3) is 0.262. The van der Waals surface area contributed by atoms with Crippen LogP contribution in [0.1, 0.15) is 63.6 Å². The number of likely N-dealkylation sites (N-methyl/N-ethyl adjacent to an activating group) is 1. The van der Waals surface area contributed by atoms with Gasteiger partial charge in [0.15, 0.2) is 29.6 Å². The number of ether oxygens (including phenoxy) is 2. The molecule has 5 aromatic carbocycles. The highest BCUT2D eigenvalue weighted by atomic mass is 19.2. The van der Waals surface area contributed by atoms with E-state index in [0.29, 0.717) is 28.8 Å². The van der Waals surface area contributed by atoms with E-state index in [4.69, 9.17) is 9.47 Å². The van der Waals surface area contributed by atoms with E-state index >= 15 is 0 Å². The monoisotopic (exact) mass is 762 g/mol.